The van der Waals surface area contributed by atoms with Crippen molar-refractivity contribution in [3.8, 4) is 5.75 Å². The fourth-order valence-corrected chi connectivity index (χ4v) is 1.89. The van der Waals surface area contributed by atoms with Crippen LogP contribution in [0.2, 0.25) is 0 Å². The van der Waals surface area contributed by atoms with Gasteiger partial charge in [-0.3, -0.25) is 0 Å². The van der Waals surface area contributed by atoms with E-state index in [1.165, 1.54) is 12.1 Å². The van der Waals surface area contributed by atoms with E-state index in [2.05, 4.69) is 4.74 Å². The number of hydrogen-bond acceptors (Lipinski definition) is 1. The minimum absolute atomic E-state index is 0.126. The van der Waals surface area contributed by atoms with Gasteiger partial charge in [-0.2, -0.15) is 0 Å². The summed E-state index contributed by atoms with van der Waals surface area (Å²) in [6.45, 7) is 2.01. The molecule has 0 aromatic heterocycles. The van der Waals surface area contributed by atoms with Crippen LogP contribution in [-0.2, 0) is 0 Å². The molecule has 0 amide bonds. The second kappa shape index (κ2) is 5.34. The van der Waals surface area contributed by atoms with Crippen molar-refractivity contribution in [3.05, 3.63) is 65.7 Å². The fraction of sp³-hybridized carbons (Fsp3) is 0.200. The molecule has 0 N–H and O–H groups in total. The van der Waals surface area contributed by atoms with E-state index in [4.69, 9.17) is 0 Å². The van der Waals surface area contributed by atoms with Gasteiger partial charge >= 0.3 is 6.36 Å². The zero-order valence-corrected chi connectivity index (χ0v) is 10.3. The van der Waals surface area contributed by atoms with E-state index in [1.54, 1.807) is 12.1 Å². The Morgan fingerprint density at radius 1 is 0.842 bits per heavy atom. The summed E-state index contributed by atoms with van der Waals surface area (Å²) in [5.74, 6) is -0.0716. The third-order valence-electron chi connectivity index (χ3n) is 2.91. The van der Waals surface area contributed by atoms with Gasteiger partial charge in [0.1, 0.15) is 5.75 Å². The van der Waals surface area contributed by atoms with Gasteiger partial charge in [0.05, 0.1) is 0 Å². The van der Waals surface area contributed by atoms with Crippen LogP contribution in [0, 0.1) is 0 Å². The predicted octanol–water partition coefficient (Wildman–Crippen LogP) is 4.74. The molecule has 1 nitrogen and oxygen atoms in total. The van der Waals surface area contributed by atoms with Gasteiger partial charge in [-0.15, -0.1) is 13.2 Å². The number of rotatable bonds is 3. The predicted molar refractivity (Wildman–Crippen MR) is 67.1 cm³/mol. The molecule has 2 aromatic rings. The first-order valence-electron chi connectivity index (χ1n) is 5.86. The van der Waals surface area contributed by atoms with Crippen LogP contribution in [0.1, 0.15) is 24.0 Å². The number of alkyl halides is 3. The van der Waals surface area contributed by atoms with E-state index in [9.17, 15) is 13.2 Å². The quantitative estimate of drug-likeness (QED) is 0.779. The summed E-state index contributed by atoms with van der Waals surface area (Å²) in [5.41, 5.74) is 2.06. The maximum Gasteiger partial charge on any atom is 0.573 e. The average molecular weight is 266 g/mol. The standard InChI is InChI=1S/C15H13F3O/c1-11(12-5-3-2-4-6-12)13-7-9-14(10-8-13)19-15(16,17)18/h2-11H,1H3/t11-/m0/s1. The molecule has 100 valence electrons. The maximum atomic E-state index is 12.0. The van der Waals surface area contributed by atoms with Crippen molar-refractivity contribution in [1.29, 1.82) is 0 Å². The van der Waals surface area contributed by atoms with Crippen LogP contribution in [0.15, 0.2) is 54.6 Å². The lowest BCUT2D eigenvalue weighted by Gasteiger charge is -2.14. The van der Waals surface area contributed by atoms with E-state index >= 15 is 0 Å². The normalized spacial score (nSPS) is 13.1. The number of ether oxygens (including phenoxy) is 1. The molecule has 0 unspecified atom stereocenters. The molecule has 4 heteroatoms. The highest BCUT2D eigenvalue weighted by atomic mass is 19.4. The summed E-state index contributed by atoms with van der Waals surface area (Å²) < 4.78 is 40.0. The molecule has 0 bridgehead atoms. The molecule has 19 heavy (non-hydrogen) atoms. The monoisotopic (exact) mass is 266 g/mol. The third-order valence-corrected chi connectivity index (χ3v) is 2.91. The molecular formula is C15H13F3O. The van der Waals surface area contributed by atoms with Gasteiger partial charge < -0.3 is 4.74 Å². The first-order valence-corrected chi connectivity index (χ1v) is 5.86. The van der Waals surface area contributed by atoms with Crippen molar-refractivity contribution in [2.45, 2.75) is 19.2 Å². The van der Waals surface area contributed by atoms with Crippen molar-refractivity contribution >= 4 is 0 Å². The molecule has 1 atom stereocenters. The summed E-state index contributed by atoms with van der Waals surface area (Å²) in [6, 6.07) is 15.8. The lowest BCUT2D eigenvalue weighted by Crippen LogP contribution is -2.17. The molecule has 0 spiro atoms. The van der Waals surface area contributed by atoms with Gasteiger partial charge in [0, 0.05) is 5.92 Å². The number of benzene rings is 2. The van der Waals surface area contributed by atoms with Crippen LogP contribution in [0.4, 0.5) is 13.2 Å². The van der Waals surface area contributed by atoms with Crippen LogP contribution in [0.3, 0.4) is 0 Å². The zero-order valence-electron chi connectivity index (χ0n) is 10.3. The Bertz CT molecular complexity index is 517. The Morgan fingerprint density at radius 3 is 1.89 bits per heavy atom. The van der Waals surface area contributed by atoms with Gasteiger partial charge in [0.25, 0.3) is 0 Å². The van der Waals surface area contributed by atoms with Gasteiger partial charge in [-0.25, -0.2) is 0 Å². The summed E-state index contributed by atoms with van der Waals surface area (Å²) >= 11 is 0. The van der Waals surface area contributed by atoms with Crippen molar-refractivity contribution in [2.75, 3.05) is 0 Å². The van der Waals surface area contributed by atoms with Gasteiger partial charge in [-0.05, 0) is 23.3 Å². The van der Waals surface area contributed by atoms with Crippen LogP contribution < -0.4 is 4.74 Å². The van der Waals surface area contributed by atoms with Crippen molar-refractivity contribution in [2.24, 2.45) is 0 Å². The van der Waals surface area contributed by atoms with E-state index in [0.717, 1.165) is 11.1 Å². The fourth-order valence-electron chi connectivity index (χ4n) is 1.89. The summed E-state index contributed by atoms with van der Waals surface area (Å²) in [7, 11) is 0. The highest BCUT2D eigenvalue weighted by molar-refractivity contribution is 5.35. The minimum atomic E-state index is -4.65. The molecule has 0 aliphatic carbocycles. The number of halogens is 3. The van der Waals surface area contributed by atoms with E-state index in [-0.39, 0.29) is 11.7 Å². The zero-order chi connectivity index (χ0) is 13.9. The third kappa shape index (κ3) is 3.74. The highest BCUT2D eigenvalue weighted by Crippen LogP contribution is 2.27. The van der Waals surface area contributed by atoms with E-state index in [1.807, 2.05) is 37.3 Å². The summed E-state index contributed by atoms with van der Waals surface area (Å²) in [5, 5.41) is 0. The second-order valence-corrected chi connectivity index (χ2v) is 4.25. The van der Waals surface area contributed by atoms with Gasteiger partial charge in [0.2, 0.25) is 0 Å². The van der Waals surface area contributed by atoms with Crippen molar-refractivity contribution in [1.82, 2.24) is 0 Å². The molecule has 2 aromatic carbocycles. The lowest BCUT2D eigenvalue weighted by atomic mass is 9.93. The van der Waals surface area contributed by atoms with Crippen molar-refractivity contribution < 1.29 is 17.9 Å². The van der Waals surface area contributed by atoms with Gasteiger partial charge in [0.15, 0.2) is 0 Å². The Balaban J connectivity index is 2.15. The lowest BCUT2D eigenvalue weighted by molar-refractivity contribution is -0.274. The summed E-state index contributed by atoms with van der Waals surface area (Å²) in [4.78, 5) is 0. The number of hydrogen-bond donors (Lipinski definition) is 0. The second-order valence-electron chi connectivity index (χ2n) is 4.25. The van der Waals surface area contributed by atoms with Crippen LogP contribution in [-0.4, -0.2) is 6.36 Å². The molecule has 0 aliphatic rings. The molecular weight excluding hydrogens is 253 g/mol. The molecule has 0 saturated heterocycles. The smallest absolute Gasteiger partial charge is 0.406 e. The molecule has 0 heterocycles. The Kier molecular flexibility index (Phi) is 3.79. The van der Waals surface area contributed by atoms with E-state index in [0.29, 0.717) is 0 Å². The molecule has 0 fully saturated rings. The molecule has 0 saturated carbocycles. The van der Waals surface area contributed by atoms with E-state index < -0.39 is 6.36 Å². The summed E-state index contributed by atoms with van der Waals surface area (Å²) in [6.07, 6.45) is -4.65. The topological polar surface area (TPSA) is 9.23 Å². The van der Waals surface area contributed by atoms with Gasteiger partial charge in [-0.1, -0.05) is 49.4 Å². The van der Waals surface area contributed by atoms with Crippen molar-refractivity contribution in [3.63, 3.8) is 0 Å². The first kappa shape index (κ1) is 13.5. The Hall–Kier alpha value is -1.97. The highest BCUT2D eigenvalue weighted by Gasteiger charge is 2.31. The SMILES string of the molecule is C[C@@H](c1ccccc1)c1ccc(OC(F)(F)F)cc1. The Morgan fingerprint density at radius 2 is 1.37 bits per heavy atom. The van der Waals surface area contributed by atoms with Crippen LogP contribution in [0.25, 0.3) is 0 Å². The average Bonchev–Trinajstić information content (AvgIpc) is 2.38. The minimum Gasteiger partial charge on any atom is -0.406 e. The molecule has 0 aliphatic heterocycles. The molecule has 0 radical (unpaired) electrons. The first-order chi connectivity index (χ1) is 8.96. The molecule has 2 rings (SSSR count). The Labute approximate surface area is 109 Å². The largest absolute Gasteiger partial charge is 0.573 e. The van der Waals surface area contributed by atoms with Crippen LogP contribution in [0.5, 0.6) is 5.75 Å². The van der Waals surface area contributed by atoms with Crippen LogP contribution >= 0.6 is 0 Å². The maximum absolute atomic E-state index is 12.0.